The molecule has 112 valence electrons. The van der Waals surface area contributed by atoms with E-state index in [1.54, 1.807) is 12.3 Å². The van der Waals surface area contributed by atoms with E-state index in [9.17, 15) is 8.42 Å². The highest BCUT2D eigenvalue weighted by Crippen LogP contribution is 2.44. The molecule has 2 bridgehead atoms. The smallest absolute Gasteiger partial charge is 0.242 e. The molecule has 3 atom stereocenters. The number of hydrogen-bond donors (Lipinski definition) is 3. The summed E-state index contributed by atoms with van der Waals surface area (Å²) in [6.07, 6.45) is 6.25. The van der Waals surface area contributed by atoms with E-state index in [-0.39, 0.29) is 6.04 Å². The Morgan fingerprint density at radius 2 is 2.20 bits per heavy atom. The number of aromatic amines is 1. The molecule has 2 aliphatic rings. The number of H-pyrrole nitrogens is 1. The number of aromatic nitrogens is 1. The Morgan fingerprint density at radius 1 is 1.35 bits per heavy atom. The minimum Gasteiger partial charge on any atom is -0.363 e. The van der Waals surface area contributed by atoms with Gasteiger partial charge in [0.05, 0.1) is 4.90 Å². The summed E-state index contributed by atoms with van der Waals surface area (Å²) in [4.78, 5) is 3.38. The van der Waals surface area contributed by atoms with Gasteiger partial charge in [0.1, 0.15) is 0 Å². The second-order valence-electron chi connectivity index (χ2n) is 6.04. The molecule has 0 amide bonds. The van der Waals surface area contributed by atoms with E-state index >= 15 is 0 Å². The fraction of sp³-hybridized carbons (Fsp3) is 0.714. The lowest BCUT2D eigenvalue weighted by molar-refractivity contribution is 0.390. The van der Waals surface area contributed by atoms with Gasteiger partial charge in [-0.15, -0.1) is 0 Å². The molecule has 0 radical (unpaired) electrons. The zero-order valence-electron chi connectivity index (χ0n) is 11.9. The molecule has 2 saturated carbocycles. The minimum absolute atomic E-state index is 0.144. The van der Waals surface area contributed by atoms with Gasteiger partial charge in [-0.3, -0.25) is 0 Å². The van der Waals surface area contributed by atoms with Crippen LogP contribution < -0.4 is 10.0 Å². The lowest BCUT2D eigenvalue weighted by Gasteiger charge is -2.22. The molecule has 20 heavy (non-hydrogen) atoms. The molecule has 0 saturated heterocycles. The van der Waals surface area contributed by atoms with Crippen molar-refractivity contribution in [1.29, 1.82) is 0 Å². The van der Waals surface area contributed by atoms with Crippen LogP contribution in [-0.2, 0) is 16.6 Å². The maximum atomic E-state index is 12.4. The average molecular weight is 297 g/mol. The summed E-state index contributed by atoms with van der Waals surface area (Å²) in [6.45, 7) is 3.56. The zero-order valence-corrected chi connectivity index (χ0v) is 12.7. The van der Waals surface area contributed by atoms with Gasteiger partial charge in [-0.05, 0) is 43.7 Å². The van der Waals surface area contributed by atoms with E-state index in [4.69, 9.17) is 0 Å². The Balaban J connectivity index is 1.67. The Hall–Kier alpha value is -0.850. The van der Waals surface area contributed by atoms with E-state index in [1.165, 1.54) is 19.3 Å². The molecule has 3 unspecified atom stereocenters. The van der Waals surface area contributed by atoms with Crippen molar-refractivity contribution in [3.8, 4) is 0 Å². The van der Waals surface area contributed by atoms with Crippen LogP contribution in [0, 0.1) is 11.8 Å². The second kappa shape index (κ2) is 5.50. The summed E-state index contributed by atoms with van der Waals surface area (Å²) in [7, 11) is -3.38. The van der Waals surface area contributed by atoms with Crippen LogP contribution in [0.5, 0.6) is 0 Å². The third kappa shape index (κ3) is 2.77. The largest absolute Gasteiger partial charge is 0.363 e. The van der Waals surface area contributed by atoms with Crippen molar-refractivity contribution in [3.63, 3.8) is 0 Å². The Bertz CT molecular complexity index is 567. The summed E-state index contributed by atoms with van der Waals surface area (Å²) in [5, 5.41) is 3.18. The molecule has 0 aromatic carbocycles. The SMILES string of the molecule is CCNCc1cc(S(=O)(=O)NC2CC3CCC2C3)c[nH]1. The fourth-order valence-corrected chi connectivity index (χ4v) is 4.93. The fourth-order valence-electron chi connectivity index (χ4n) is 3.59. The molecule has 1 aromatic rings. The van der Waals surface area contributed by atoms with E-state index in [1.807, 2.05) is 6.92 Å². The third-order valence-electron chi connectivity index (χ3n) is 4.64. The van der Waals surface area contributed by atoms with Crippen LogP contribution in [0.25, 0.3) is 0 Å². The quantitative estimate of drug-likeness (QED) is 0.746. The summed E-state index contributed by atoms with van der Waals surface area (Å²) < 4.78 is 27.7. The van der Waals surface area contributed by atoms with E-state index in [0.29, 0.717) is 17.4 Å². The van der Waals surface area contributed by atoms with Crippen molar-refractivity contribution in [1.82, 2.24) is 15.0 Å². The van der Waals surface area contributed by atoms with Crippen molar-refractivity contribution >= 4 is 10.0 Å². The number of hydrogen-bond acceptors (Lipinski definition) is 3. The molecular weight excluding hydrogens is 274 g/mol. The van der Waals surface area contributed by atoms with Crippen LogP contribution in [0.1, 0.15) is 38.3 Å². The van der Waals surface area contributed by atoms with Crippen molar-refractivity contribution in [2.24, 2.45) is 11.8 Å². The van der Waals surface area contributed by atoms with Crippen LogP contribution in [-0.4, -0.2) is 26.0 Å². The molecule has 2 aliphatic carbocycles. The Labute approximate surface area is 120 Å². The number of nitrogens with one attached hydrogen (secondary N) is 3. The van der Waals surface area contributed by atoms with Crippen LogP contribution >= 0.6 is 0 Å². The van der Waals surface area contributed by atoms with Crippen molar-refractivity contribution < 1.29 is 8.42 Å². The topological polar surface area (TPSA) is 74.0 Å². The third-order valence-corrected chi connectivity index (χ3v) is 6.11. The van der Waals surface area contributed by atoms with Crippen molar-refractivity contribution in [2.45, 2.75) is 50.1 Å². The van der Waals surface area contributed by atoms with Gasteiger partial charge < -0.3 is 10.3 Å². The van der Waals surface area contributed by atoms with Gasteiger partial charge in [0.25, 0.3) is 0 Å². The maximum Gasteiger partial charge on any atom is 0.242 e. The van der Waals surface area contributed by atoms with Crippen LogP contribution in [0.3, 0.4) is 0 Å². The summed E-state index contributed by atoms with van der Waals surface area (Å²) >= 11 is 0. The van der Waals surface area contributed by atoms with Gasteiger partial charge in [0, 0.05) is 24.5 Å². The number of fused-ring (bicyclic) bond motifs is 2. The lowest BCUT2D eigenvalue weighted by atomic mass is 9.96. The highest BCUT2D eigenvalue weighted by molar-refractivity contribution is 7.89. The highest BCUT2D eigenvalue weighted by Gasteiger charge is 2.41. The monoisotopic (exact) mass is 297 g/mol. The van der Waals surface area contributed by atoms with Crippen molar-refractivity contribution in [2.75, 3.05) is 6.54 Å². The lowest BCUT2D eigenvalue weighted by Crippen LogP contribution is -2.38. The average Bonchev–Trinajstić information content (AvgIpc) is 3.11. The predicted molar refractivity (Wildman–Crippen MR) is 77.7 cm³/mol. The summed E-state index contributed by atoms with van der Waals surface area (Å²) in [6, 6.07) is 1.86. The molecule has 0 aliphatic heterocycles. The maximum absolute atomic E-state index is 12.4. The molecule has 2 fully saturated rings. The molecular formula is C14H23N3O2S. The van der Waals surface area contributed by atoms with Gasteiger partial charge in [0.2, 0.25) is 10.0 Å². The molecule has 1 heterocycles. The van der Waals surface area contributed by atoms with E-state index in [0.717, 1.165) is 24.6 Å². The van der Waals surface area contributed by atoms with Gasteiger partial charge in [-0.2, -0.15) is 0 Å². The summed E-state index contributed by atoms with van der Waals surface area (Å²) in [5.74, 6) is 1.29. The molecule has 5 nitrogen and oxygen atoms in total. The molecule has 3 rings (SSSR count). The number of rotatable bonds is 6. The van der Waals surface area contributed by atoms with Gasteiger partial charge in [-0.25, -0.2) is 13.1 Å². The van der Waals surface area contributed by atoms with Crippen molar-refractivity contribution in [3.05, 3.63) is 18.0 Å². The molecule has 1 aromatic heterocycles. The number of sulfonamides is 1. The molecule has 6 heteroatoms. The van der Waals surface area contributed by atoms with Gasteiger partial charge >= 0.3 is 0 Å². The van der Waals surface area contributed by atoms with E-state index in [2.05, 4.69) is 15.0 Å². The summed E-state index contributed by atoms with van der Waals surface area (Å²) in [5.41, 5.74) is 0.903. The first kappa shape index (κ1) is 14.1. The standard InChI is InChI=1S/C14H23N3O2S/c1-2-15-8-12-7-13(9-16-12)20(18,19)17-14-6-10-3-4-11(14)5-10/h7,9-11,14-17H,2-6,8H2,1H3. The first-order valence-corrected chi connectivity index (χ1v) is 8.97. The predicted octanol–water partition coefficient (Wildman–Crippen LogP) is 1.59. The van der Waals surface area contributed by atoms with Gasteiger partial charge in [-0.1, -0.05) is 13.3 Å². The zero-order chi connectivity index (χ0) is 14.2. The minimum atomic E-state index is -3.38. The van der Waals surface area contributed by atoms with Crippen LogP contribution in [0.4, 0.5) is 0 Å². The van der Waals surface area contributed by atoms with E-state index < -0.39 is 10.0 Å². The molecule has 0 spiro atoms. The highest BCUT2D eigenvalue weighted by atomic mass is 32.2. The molecule has 3 N–H and O–H groups in total. The second-order valence-corrected chi connectivity index (χ2v) is 7.76. The van der Waals surface area contributed by atoms with Crippen LogP contribution in [0.15, 0.2) is 17.2 Å². The first-order chi connectivity index (χ1) is 9.58. The van der Waals surface area contributed by atoms with Crippen LogP contribution in [0.2, 0.25) is 0 Å². The Morgan fingerprint density at radius 3 is 2.85 bits per heavy atom. The first-order valence-electron chi connectivity index (χ1n) is 7.49. The van der Waals surface area contributed by atoms with Gasteiger partial charge in [0.15, 0.2) is 0 Å². The Kier molecular flexibility index (Phi) is 3.88. The normalized spacial score (nSPS) is 29.1.